The molecule has 2 aliphatic rings. The third kappa shape index (κ3) is 5.15. The lowest BCUT2D eigenvalue weighted by atomic mass is 9.78. The van der Waals surface area contributed by atoms with Crippen LogP contribution < -0.4 is 5.11 Å². The summed E-state index contributed by atoms with van der Waals surface area (Å²) in [6, 6.07) is 16.7. The molecule has 0 spiro atoms. The van der Waals surface area contributed by atoms with Crippen LogP contribution in [0.25, 0.3) is 0 Å². The van der Waals surface area contributed by atoms with E-state index < -0.39 is 5.60 Å². The Hall–Kier alpha value is -2.24. The monoisotopic (exact) mass is 452 g/mol. The smallest absolute Gasteiger partial charge is 0.216 e. The minimum absolute atomic E-state index is 0.216. The van der Waals surface area contributed by atoms with E-state index in [9.17, 15) is 14.3 Å². The van der Waals surface area contributed by atoms with Crippen LogP contribution in [0, 0.1) is 11.7 Å². The first-order valence-electron chi connectivity index (χ1n) is 12.4. The second-order valence-electron chi connectivity index (χ2n) is 10.5. The number of carbonyl (C=O) groups is 1. The highest BCUT2D eigenvalue weighted by atomic mass is 19.1. The molecule has 1 amide bonds. The summed E-state index contributed by atoms with van der Waals surface area (Å²) < 4.78 is 14.5. The summed E-state index contributed by atoms with van der Waals surface area (Å²) in [5, 5.41) is 14.2. The fourth-order valence-corrected chi connectivity index (χ4v) is 5.81. The molecule has 33 heavy (non-hydrogen) atoms. The number of carbonyl (C=O) groups excluding carboxylic acids is 1. The predicted molar refractivity (Wildman–Crippen MR) is 127 cm³/mol. The molecule has 1 aliphatic carbocycles. The highest BCUT2D eigenvalue weighted by Crippen LogP contribution is 2.40. The molecular weight excluding hydrogens is 415 g/mol. The van der Waals surface area contributed by atoms with Crippen LogP contribution in [-0.2, 0) is 16.8 Å². The Morgan fingerprint density at radius 2 is 1.61 bits per heavy atom. The SMILES string of the molecule is C[N+](C)(CCc1ccccc1)C1CCN(C(=O)C([O-])(c2ccc(F)cc2)C2CCCC2)CC1. The first kappa shape index (κ1) is 23.9. The van der Waals surface area contributed by atoms with Gasteiger partial charge in [-0.3, -0.25) is 4.79 Å². The van der Waals surface area contributed by atoms with Gasteiger partial charge in [0.2, 0.25) is 5.91 Å². The van der Waals surface area contributed by atoms with Crippen LogP contribution >= 0.6 is 0 Å². The van der Waals surface area contributed by atoms with Gasteiger partial charge < -0.3 is 14.5 Å². The number of amides is 1. The summed E-state index contributed by atoms with van der Waals surface area (Å²) in [5.41, 5.74) is -0.0421. The van der Waals surface area contributed by atoms with Crippen molar-refractivity contribution >= 4 is 5.91 Å². The van der Waals surface area contributed by atoms with Crippen LogP contribution in [-0.4, -0.2) is 55.1 Å². The number of halogens is 1. The van der Waals surface area contributed by atoms with Crippen molar-refractivity contribution in [3.8, 4) is 0 Å². The molecule has 1 atom stereocenters. The van der Waals surface area contributed by atoms with Crippen molar-refractivity contribution in [2.75, 3.05) is 33.7 Å². The van der Waals surface area contributed by atoms with E-state index in [4.69, 9.17) is 0 Å². The van der Waals surface area contributed by atoms with E-state index in [-0.39, 0.29) is 17.6 Å². The van der Waals surface area contributed by atoms with Gasteiger partial charge in [0.05, 0.1) is 26.7 Å². The summed E-state index contributed by atoms with van der Waals surface area (Å²) in [7, 11) is 4.56. The second kappa shape index (κ2) is 9.94. The Morgan fingerprint density at radius 1 is 1.00 bits per heavy atom. The van der Waals surface area contributed by atoms with Crippen molar-refractivity contribution in [3.63, 3.8) is 0 Å². The van der Waals surface area contributed by atoms with Crippen LogP contribution in [0.3, 0.4) is 0 Å². The number of benzene rings is 2. The van der Waals surface area contributed by atoms with E-state index >= 15 is 0 Å². The van der Waals surface area contributed by atoms with Crippen LogP contribution in [0.2, 0.25) is 0 Å². The Morgan fingerprint density at radius 3 is 2.21 bits per heavy atom. The molecule has 0 radical (unpaired) electrons. The summed E-state index contributed by atoms with van der Waals surface area (Å²) in [6.07, 6.45) is 6.34. The van der Waals surface area contributed by atoms with Gasteiger partial charge >= 0.3 is 0 Å². The number of rotatable bonds is 7. The second-order valence-corrected chi connectivity index (χ2v) is 10.5. The maximum absolute atomic E-state index is 14.2. The third-order valence-corrected chi connectivity index (χ3v) is 8.08. The fraction of sp³-hybridized carbons (Fsp3) is 0.536. The number of piperidine rings is 1. The molecule has 2 fully saturated rings. The quantitative estimate of drug-likeness (QED) is 0.599. The number of likely N-dealkylation sites (N-methyl/N-ethyl adjacent to an activating group) is 1. The van der Waals surface area contributed by atoms with E-state index in [2.05, 4.69) is 38.4 Å². The van der Waals surface area contributed by atoms with E-state index in [1.807, 2.05) is 6.07 Å². The average molecular weight is 453 g/mol. The highest BCUT2D eigenvalue weighted by Gasteiger charge is 2.42. The zero-order chi connectivity index (χ0) is 23.5. The minimum atomic E-state index is -1.81. The molecule has 2 aromatic carbocycles. The third-order valence-electron chi connectivity index (χ3n) is 8.08. The molecule has 1 unspecified atom stereocenters. The van der Waals surface area contributed by atoms with Gasteiger partial charge in [-0.05, 0) is 34.8 Å². The highest BCUT2D eigenvalue weighted by molar-refractivity contribution is 5.86. The maximum atomic E-state index is 14.2. The van der Waals surface area contributed by atoms with Gasteiger partial charge in [-0.25, -0.2) is 4.39 Å². The van der Waals surface area contributed by atoms with Crippen molar-refractivity contribution in [2.45, 2.75) is 56.6 Å². The lowest BCUT2D eigenvalue weighted by molar-refractivity contribution is -0.916. The van der Waals surface area contributed by atoms with Crippen LogP contribution in [0.1, 0.15) is 49.7 Å². The van der Waals surface area contributed by atoms with Crippen molar-refractivity contribution in [1.82, 2.24) is 4.90 Å². The summed E-state index contributed by atoms with van der Waals surface area (Å²) in [6.45, 7) is 2.29. The number of hydrogen-bond acceptors (Lipinski definition) is 2. The van der Waals surface area contributed by atoms with Crippen molar-refractivity contribution in [1.29, 1.82) is 0 Å². The molecule has 178 valence electrons. The molecule has 0 bridgehead atoms. The average Bonchev–Trinajstić information content (AvgIpc) is 3.39. The van der Waals surface area contributed by atoms with Gasteiger partial charge in [-0.2, -0.15) is 0 Å². The number of likely N-dealkylation sites (tertiary alicyclic amines) is 1. The fourth-order valence-electron chi connectivity index (χ4n) is 5.81. The Bertz CT molecular complexity index is 917. The minimum Gasteiger partial charge on any atom is -0.839 e. The zero-order valence-corrected chi connectivity index (χ0v) is 20.0. The molecule has 1 saturated heterocycles. The first-order chi connectivity index (χ1) is 15.8. The number of hydrogen-bond donors (Lipinski definition) is 0. The zero-order valence-electron chi connectivity index (χ0n) is 20.0. The molecule has 1 saturated carbocycles. The molecular formula is C28H37FN2O2. The molecule has 1 aliphatic heterocycles. The lowest BCUT2D eigenvalue weighted by Gasteiger charge is -2.50. The van der Waals surface area contributed by atoms with Gasteiger partial charge in [-0.1, -0.05) is 68.1 Å². The largest absolute Gasteiger partial charge is 0.839 e. The van der Waals surface area contributed by atoms with Gasteiger partial charge in [-0.15, -0.1) is 0 Å². The normalized spacial score (nSPS) is 20.1. The molecule has 5 heteroatoms. The summed E-state index contributed by atoms with van der Waals surface area (Å²) in [4.78, 5) is 15.5. The van der Waals surface area contributed by atoms with Crippen molar-refractivity contribution in [2.24, 2.45) is 5.92 Å². The molecule has 4 rings (SSSR count). The van der Waals surface area contributed by atoms with Gasteiger partial charge in [0, 0.05) is 32.4 Å². The van der Waals surface area contributed by atoms with E-state index in [1.165, 1.54) is 29.8 Å². The molecule has 0 N–H and O–H groups in total. The van der Waals surface area contributed by atoms with Crippen LogP contribution in [0.5, 0.6) is 0 Å². The maximum Gasteiger partial charge on any atom is 0.216 e. The number of nitrogens with zero attached hydrogens (tertiary/aromatic N) is 2. The number of quaternary nitrogens is 1. The van der Waals surface area contributed by atoms with Gasteiger partial charge in [0.15, 0.2) is 0 Å². The predicted octanol–water partition coefficient (Wildman–Crippen LogP) is 3.88. The van der Waals surface area contributed by atoms with Crippen LogP contribution in [0.4, 0.5) is 4.39 Å². The first-order valence-corrected chi connectivity index (χ1v) is 12.4. The Balaban J connectivity index is 1.43. The molecule has 0 aromatic heterocycles. The summed E-state index contributed by atoms with van der Waals surface area (Å²) in [5.74, 6) is -0.906. The van der Waals surface area contributed by atoms with Gasteiger partial charge in [0.25, 0.3) is 0 Å². The molecule has 4 nitrogen and oxygen atoms in total. The van der Waals surface area contributed by atoms with Crippen molar-refractivity contribution in [3.05, 3.63) is 71.5 Å². The molecule has 2 aromatic rings. The van der Waals surface area contributed by atoms with Gasteiger partial charge in [0.1, 0.15) is 5.82 Å². The van der Waals surface area contributed by atoms with Crippen molar-refractivity contribution < 1.29 is 18.8 Å². The van der Waals surface area contributed by atoms with E-state index in [0.717, 1.165) is 56.0 Å². The Labute approximate surface area is 197 Å². The molecule has 1 heterocycles. The van der Waals surface area contributed by atoms with E-state index in [1.54, 1.807) is 4.90 Å². The topological polar surface area (TPSA) is 43.4 Å². The van der Waals surface area contributed by atoms with E-state index in [0.29, 0.717) is 24.7 Å². The Kier molecular flexibility index (Phi) is 7.20. The lowest BCUT2D eigenvalue weighted by Crippen LogP contribution is -2.62. The summed E-state index contributed by atoms with van der Waals surface area (Å²) >= 11 is 0. The van der Waals surface area contributed by atoms with Crippen LogP contribution in [0.15, 0.2) is 54.6 Å². The standard InChI is InChI=1S/C28H37FN2O2/c1-31(2,21-18-22-8-4-3-5-9-22)26-16-19-30(20-17-26)27(32)28(33,23-10-6-7-11-23)24-12-14-25(29)15-13-24/h3-5,8-9,12-15,23,26H,6-7,10-11,16-21H2,1-2H3.